The summed E-state index contributed by atoms with van der Waals surface area (Å²) in [5, 5.41) is 0. The lowest BCUT2D eigenvalue weighted by Crippen LogP contribution is -2.52. The highest BCUT2D eigenvalue weighted by atomic mass is 19.4. The van der Waals surface area contributed by atoms with E-state index >= 15 is 0 Å². The summed E-state index contributed by atoms with van der Waals surface area (Å²) in [6.07, 6.45) is 1.49. The first kappa shape index (κ1) is 31.4. The van der Waals surface area contributed by atoms with E-state index in [2.05, 4.69) is 37.2 Å². The fourth-order valence-corrected chi connectivity index (χ4v) is 4.30. The van der Waals surface area contributed by atoms with Crippen LogP contribution in [0.1, 0.15) is 71.3 Å². The van der Waals surface area contributed by atoms with E-state index in [4.69, 9.17) is 18.9 Å². The summed E-state index contributed by atoms with van der Waals surface area (Å²) in [5.41, 5.74) is -3.71. The minimum atomic E-state index is -5.08. The van der Waals surface area contributed by atoms with Crippen LogP contribution < -0.4 is 0 Å². The summed E-state index contributed by atoms with van der Waals surface area (Å²) < 4.78 is 64.0. The number of hydrogen-bond acceptors (Lipinski definition) is 5. The van der Waals surface area contributed by atoms with Gasteiger partial charge in [0.25, 0.3) is 5.60 Å². The van der Waals surface area contributed by atoms with Gasteiger partial charge in [-0.2, -0.15) is 13.2 Å². The standard InChI is InChI=1S/C30H37F3O5/c1-6-8-9-10-16-21-25-26(38-28(3,4)37-25)22-17-12-15-20-24(7-2)36-27(34)29(35-5,30(31,32)33)23-18-13-11-14-19-23/h7,11,13-14,18-19,24-26H,2,6,8-10,16,21-22H2,1,3-5H3/t24-,25-,26-,29+/m0/s1. The Hall–Kier alpha value is -2.78. The van der Waals surface area contributed by atoms with Crippen LogP contribution >= 0.6 is 0 Å². The van der Waals surface area contributed by atoms with E-state index in [-0.39, 0.29) is 12.2 Å². The number of carbonyl (C=O) groups excluding carboxylic acids is 1. The lowest BCUT2D eigenvalue weighted by molar-refractivity contribution is -0.276. The second kappa shape index (κ2) is 14.4. The maximum Gasteiger partial charge on any atom is 0.432 e. The van der Waals surface area contributed by atoms with Crippen LogP contribution in [0.5, 0.6) is 0 Å². The third-order valence-electron chi connectivity index (χ3n) is 6.17. The van der Waals surface area contributed by atoms with Gasteiger partial charge in [-0.15, -0.1) is 0 Å². The van der Waals surface area contributed by atoms with Gasteiger partial charge in [-0.05, 0) is 44.1 Å². The molecule has 2 rings (SSSR count). The molecule has 0 aromatic heterocycles. The van der Waals surface area contributed by atoms with Crippen LogP contribution in [0, 0.1) is 23.7 Å². The Bertz CT molecular complexity index is 1030. The molecule has 5 nitrogen and oxygen atoms in total. The van der Waals surface area contributed by atoms with Crippen molar-refractivity contribution >= 4 is 5.97 Å². The normalized spacial score (nSPS) is 20.7. The molecule has 4 atom stereocenters. The first-order valence-electron chi connectivity index (χ1n) is 12.9. The van der Waals surface area contributed by atoms with Crippen LogP contribution in [0.25, 0.3) is 0 Å². The predicted molar refractivity (Wildman–Crippen MR) is 139 cm³/mol. The SMILES string of the molecule is C=C[C@@H](C#CC#CC[C@@H]1OC(C)(C)O[C@H]1CCCCCCC)OC(=O)[C@](OC)(c1ccccc1)C(F)(F)F. The van der Waals surface area contributed by atoms with Crippen LogP contribution in [-0.4, -0.2) is 43.4 Å². The Balaban J connectivity index is 2.05. The number of rotatable bonds is 12. The zero-order valence-electron chi connectivity index (χ0n) is 22.5. The molecule has 0 unspecified atom stereocenters. The summed E-state index contributed by atoms with van der Waals surface area (Å²) in [6.45, 7) is 9.41. The van der Waals surface area contributed by atoms with Crippen molar-refractivity contribution in [2.24, 2.45) is 0 Å². The molecule has 1 saturated heterocycles. The molecule has 1 aliphatic rings. The van der Waals surface area contributed by atoms with E-state index in [0.29, 0.717) is 6.42 Å². The Labute approximate surface area is 224 Å². The average Bonchev–Trinajstić information content (AvgIpc) is 3.16. The van der Waals surface area contributed by atoms with Gasteiger partial charge in [-0.3, -0.25) is 0 Å². The highest BCUT2D eigenvalue weighted by molar-refractivity contribution is 5.83. The third-order valence-corrected chi connectivity index (χ3v) is 6.17. The smallest absolute Gasteiger partial charge is 0.432 e. The molecule has 1 aromatic rings. The molecule has 208 valence electrons. The second-order valence-electron chi connectivity index (χ2n) is 9.50. The maximum atomic E-state index is 14.1. The average molecular weight is 535 g/mol. The molecule has 0 aliphatic carbocycles. The van der Waals surface area contributed by atoms with E-state index in [0.717, 1.165) is 44.6 Å². The van der Waals surface area contributed by atoms with Crippen LogP contribution in [0.4, 0.5) is 13.2 Å². The predicted octanol–water partition coefficient (Wildman–Crippen LogP) is 6.47. The van der Waals surface area contributed by atoms with Crippen molar-refractivity contribution in [3.8, 4) is 23.7 Å². The van der Waals surface area contributed by atoms with E-state index in [1.165, 1.54) is 37.5 Å². The molecule has 0 saturated carbocycles. The largest absolute Gasteiger partial charge is 0.442 e. The summed E-state index contributed by atoms with van der Waals surface area (Å²) in [7, 11) is 0.802. The molecule has 0 N–H and O–H groups in total. The van der Waals surface area contributed by atoms with Crippen molar-refractivity contribution in [1.82, 2.24) is 0 Å². The monoisotopic (exact) mass is 534 g/mol. The maximum absolute atomic E-state index is 14.1. The molecule has 1 fully saturated rings. The molecule has 0 radical (unpaired) electrons. The number of alkyl halides is 3. The Kier molecular flexibility index (Phi) is 11.9. The molecule has 0 amide bonds. The van der Waals surface area contributed by atoms with Gasteiger partial charge in [-0.25, -0.2) is 4.79 Å². The minimum Gasteiger partial charge on any atom is -0.442 e. The van der Waals surface area contributed by atoms with E-state index in [1.807, 2.05) is 13.8 Å². The van der Waals surface area contributed by atoms with E-state index in [9.17, 15) is 18.0 Å². The number of methoxy groups -OCH3 is 1. The summed E-state index contributed by atoms with van der Waals surface area (Å²) in [5.74, 6) is 8.30. The number of benzene rings is 1. The van der Waals surface area contributed by atoms with Crippen molar-refractivity contribution in [2.45, 2.75) is 102 Å². The van der Waals surface area contributed by atoms with Crippen molar-refractivity contribution in [3.63, 3.8) is 0 Å². The molecule has 0 spiro atoms. The minimum absolute atomic E-state index is 0.0710. The fourth-order valence-electron chi connectivity index (χ4n) is 4.30. The first-order valence-corrected chi connectivity index (χ1v) is 12.9. The van der Waals surface area contributed by atoms with Gasteiger partial charge in [0.2, 0.25) is 0 Å². The molecule has 1 heterocycles. The molecule has 38 heavy (non-hydrogen) atoms. The third kappa shape index (κ3) is 8.36. The Morgan fingerprint density at radius 1 is 1.11 bits per heavy atom. The van der Waals surface area contributed by atoms with Crippen molar-refractivity contribution < 1.29 is 36.9 Å². The summed E-state index contributed by atoms with van der Waals surface area (Å²) in [4.78, 5) is 12.8. The number of unbranched alkanes of at least 4 members (excludes halogenated alkanes) is 4. The van der Waals surface area contributed by atoms with Crippen LogP contribution in [-0.2, 0) is 29.3 Å². The van der Waals surface area contributed by atoms with Crippen molar-refractivity contribution in [3.05, 3.63) is 48.6 Å². The van der Waals surface area contributed by atoms with Crippen LogP contribution in [0.3, 0.4) is 0 Å². The van der Waals surface area contributed by atoms with Crippen LogP contribution in [0.2, 0.25) is 0 Å². The second-order valence-corrected chi connectivity index (χ2v) is 9.50. The van der Waals surface area contributed by atoms with Gasteiger partial charge in [-0.1, -0.05) is 81.9 Å². The zero-order chi connectivity index (χ0) is 28.2. The zero-order valence-corrected chi connectivity index (χ0v) is 22.5. The van der Waals surface area contributed by atoms with Gasteiger partial charge in [0.1, 0.15) is 0 Å². The van der Waals surface area contributed by atoms with Crippen LogP contribution in [0.15, 0.2) is 43.0 Å². The highest BCUT2D eigenvalue weighted by Crippen LogP contribution is 2.43. The molecule has 8 heteroatoms. The molecule has 1 aliphatic heterocycles. The van der Waals surface area contributed by atoms with Gasteiger partial charge < -0.3 is 18.9 Å². The number of hydrogen-bond donors (Lipinski definition) is 0. The fraction of sp³-hybridized carbons (Fsp3) is 0.567. The molecular weight excluding hydrogens is 497 g/mol. The number of ether oxygens (including phenoxy) is 4. The Morgan fingerprint density at radius 3 is 2.37 bits per heavy atom. The summed E-state index contributed by atoms with van der Waals surface area (Å²) >= 11 is 0. The Morgan fingerprint density at radius 2 is 1.76 bits per heavy atom. The quantitative estimate of drug-likeness (QED) is 0.133. The lowest BCUT2D eigenvalue weighted by atomic mass is 9.92. The number of halogens is 3. The van der Waals surface area contributed by atoms with E-state index in [1.54, 1.807) is 0 Å². The number of esters is 1. The van der Waals surface area contributed by atoms with Gasteiger partial charge >= 0.3 is 12.1 Å². The van der Waals surface area contributed by atoms with Gasteiger partial charge in [0.15, 0.2) is 11.9 Å². The lowest BCUT2D eigenvalue weighted by Gasteiger charge is -2.32. The molecular formula is C30H37F3O5. The number of carbonyl (C=O) groups is 1. The van der Waals surface area contributed by atoms with Gasteiger partial charge in [0.05, 0.1) is 12.2 Å². The topological polar surface area (TPSA) is 54.0 Å². The molecule has 1 aromatic carbocycles. The van der Waals surface area contributed by atoms with E-state index < -0.39 is 35.2 Å². The van der Waals surface area contributed by atoms with Crippen molar-refractivity contribution in [2.75, 3.05) is 7.11 Å². The van der Waals surface area contributed by atoms with Gasteiger partial charge in [0, 0.05) is 19.1 Å². The highest BCUT2D eigenvalue weighted by Gasteiger charge is 2.64. The summed E-state index contributed by atoms with van der Waals surface area (Å²) in [6, 6.07) is 6.57. The first-order chi connectivity index (χ1) is 18.0. The molecule has 0 bridgehead atoms. The van der Waals surface area contributed by atoms with Crippen molar-refractivity contribution in [1.29, 1.82) is 0 Å².